The van der Waals surface area contributed by atoms with Crippen molar-refractivity contribution in [1.82, 2.24) is 0 Å². The molecule has 1 N–H and O–H groups in total. The zero-order chi connectivity index (χ0) is 12.4. The van der Waals surface area contributed by atoms with Gasteiger partial charge in [-0.05, 0) is 13.0 Å². The Morgan fingerprint density at radius 2 is 2.00 bits per heavy atom. The van der Waals surface area contributed by atoms with Crippen molar-refractivity contribution in [3.05, 3.63) is 40.9 Å². The lowest BCUT2D eigenvalue weighted by Gasteiger charge is -2.08. The molecule has 17 heavy (non-hydrogen) atoms. The third-order valence-corrected chi connectivity index (χ3v) is 2.77. The van der Waals surface area contributed by atoms with Crippen LogP contribution in [0.4, 0.5) is 0 Å². The molecule has 0 atom stereocenters. The summed E-state index contributed by atoms with van der Waals surface area (Å²) < 4.78 is 4.86. The van der Waals surface area contributed by atoms with E-state index in [-0.39, 0.29) is 17.9 Å². The zero-order valence-electron chi connectivity index (χ0n) is 9.24. The summed E-state index contributed by atoms with van der Waals surface area (Å²) in [4.78, 5) is 11.6. The fraction of sp³-hybridized carbons (Fsp3) is 0.154. The first-order valence-corrected chi connectivity index (χ1v) is 5.60. The molecule has 88 valence electrons. The molecule has 0 aromatic heterocycles. The van der Waals surface area contributed by atoms with Crippen LogP contribution in [0, 0.1) is 0 Å². The second-order valence-electron chi connectivity index (χ2n) is 3.52. The van der Waals surface area contributed by atoms with Gasteiger partial charge in [0.15, 0.2) is 0 Å². The van der Waals surface area contributed by atoms with Crippen LogP contribution in [-0.4, -0.2) is 17.7 Å². The monoisotopic (exact) mass is 250 g/mol. The summed E-state index contributed by atoms with van der Waals surface area (Å²) in [7, 11) is 0. The van der Waals surface area contributed by atoms with Crippen LogP contribution in [0.5, 0.6) is 5.75 Å². The molecule has 0 radical (unpaired) electrons. The highest BCUT2D eigenvalue weighted by Crippen LogP contribution is 2.34. The Balaban J connectivity index is 2.67. The molecule has 0 heterocycles. The number of fused-ring (bicyclic) bond motifs is 1. The maximum Gasteiger partial charge on any atom is 0.341 e. The Kier molecular flexibility index (Phi) is 3.20. The molecule has 2 rings (SSSR count). The van der Waals surface area contributed by atoms with Crippen molar-refractivity contribution in [2.75, 3.05) is 6.61 Å². The third-order valence-electron chi connectivity index (χ3n) is 2.46. The van der Waals surface area contributed by atoms with Gasteiger partial charge in [0.1, 0.15) is 11.3 Å². The van der Waals surface area contributed by atoms with Crippen LogP contribution in [0.2, 0.25) is 5.02 Å². The SMILES string of the molecule is CCOC(=O)c1cc(Cl)c2ccccc2c1O. The van der Waals surface area contributed by atoms with Gasteiger partial charge in [-0.3, -0.25) is 0 Å². The predicted molar refractivity (Wildman–Crippen MR) is 66.6 cm³/mol. The Morgan fingerprint density at radius 1 is 1.35 bits per heavy atom. The maximum atomic E-state index is 11.6. The Labute approximate surface area is 104 Å². The molecular weight excluding hydrogens is 240 g/mol. The number of phenolic OH excluding ortho intramolecular Hbond substituents is 1. The molecular formula is C13H11ClO3. The number of aromatic hydroxyl groups is 1. The number of ether oxygens (including phenoxy) is 1. The van der Waals surface area contributed by atoms with Gasteiger partial charge in [-0.1, -0.05) is 35.9 Å². The molecule has 2 aromatic carbocycles. The second kappa shape index (κ2) is 4.63. The van der Waals surface area contributed by atoms with Crippen molar-refractivity contribution in [1.29, 1.82) is 0 Å². The number of benzene rings is 2. The van der Waals surface area contributed by atoms with Crippen molar-refractivity contribution in [3.63, 3.8) is 0 Å². The molecule has 0 aliphatic carbocycles. The van der Waals surface area contributed by atoms with Crippen molar-refractivity contribution in [2.24, 2.45) is 0 Å². The average Bonchev–Trinajstić information content (AvgIpc) is 2.34. The van der Waals surface area contributed by atoms with E-state index in [1.165, 1.54) is 6.07 Å². The largest absolute Gasteiger partial charge is 0.506 e. The summed E-state index contributed by atoms with van der Waals surface area (Å²) in [6.07, 6.45) is 0. The average molecular weight is 251 g/mol. The zero-order valence-corrected chi connectivity index (χ0v) is 9.99. The number of rotatable bonds is 2. The number of phenols is 1. The fourth-order valence-electron chi connectivity index (χ4n) is 1.68. The number of halogens is 1. The first-order chi connectivity index (χ1) is 8.15. The van der Waals surface area contributed by atoms with Crippen LogP contribution in [0.3, 0.4) is 0 Å². The molecule has 0 saturated carbocycles. The van der Waals surface area contributed by atoms with Crippen molar-refractivity contribution in [2.45, 2.75) is 6.92 Å². The first-order valence-electron chi connectivity index (χ1n) is 5.22. The molecule has 2 aromatic rings. The molecule has 0 spiro atoms. The second-order valence-corrected chi connectivity index (χ2v) is 3.93. The van der Waals surface area contributed by atoms with Crippen LogP contribution >= 0.6 is 11.6 Å². The minimum Gasteiger partial charge on any atom is -0.506 e. The highest BCUT2D eigenvalue weighted by molar-refractivity contribution is 6.36. The Hall–Kier alpha value is -1.74. The van der Waals surface area contributed by atoms with E-state index in [2.05, 4.69) is 0 Å². The Morgan fingerprint density at radius 3 is 2.65 bits per heavy atom. The van der Waals surface area contributed by atoms with Gasteiger partial charge >= 0.3 is 5.97 Å². The van der Waals surface area contributed by atoms with Gasteiger partial charge in [-0.2, -0.15) is 0 Å². The number of hydrogen-bond acceptors (Lipinski definition) is 3. The molecule has 3 nitrogen and oxygen atoms in total. The van der Waals surface area contributed by atoms with E-state index >= 15 is 0 Å². The summed E-state index contributed by atoms with van der Waals surface area (Å²) >= 11 is 6.06. The molecule has 0 aliphatic heterocycles. The lowest BCUT2D eigenvalue weighted by atomic mass is 10.1. The van der Waals surface area contributed by atoms with Crippen LogP contribution < -0.4 is 0 Å². The summed E-state index contributed by atoms with van der Waals surface area (Å²) in [6, 6.07) is 8.51. The smallest absolute Gasteiger partial charge is 0.341 e. The minimum absolute atomic E-state index is 0.0931. The summed E-state index contributed by atoms with van der Waals surface area (Å²) in [5, 5.41) is 11.7. The molecule has 0 amide bonds. The number of carbonyl (C=O) groups excluding carboxylic acids is 1. The normalized spacial score (nSPS) is 10.5. The third kappa shape index (κ3) is 2.06. The standard InChI is InChI=1S/C13H11ClO3/c1-2-17-13(16)10-7-11(14)8-5-3-4-6-9(8)12(10)15/h3-7,15H,2H2,1H3. The topological polar surface area (TPSA) is 46.5 Å². The van der Waals surface area contributed by atoms with E-state index in [4.69, 9.17) is 16.3 Å². The first kappa shape index (κ1) is 11.7. The number of carbonyl (C=O) groups is 1. The minimum atomic E-state index is -0.572. The van der Waals surface area contributed by atoms with Gasteiger partial charge in [-0.25, -0.2) is 4.79 Å². The van der Waals surface area contributed by atoms with E-state index in [0.717, 1.165) is 0 Å². The fourth-order valence-corrected chi connectivity index (χ4v) is 1.95. The van der Waals surface area contributed by atoms with Gasteiger partial charge < -0.3 is 9.84 Å². The van der Waals surface area contributed by atoms with Crippen LogP contribution in [0.15, 0.2) is 30.3 Å². The van der Waals surface area contributed by atoms with Crippen LogP contribution in [0.1, 0.15) is 17.3 Å². The molecule has 4 heteroatoms. The molecule has 0 bridgehead atoms. The summed E-state index contributed by atoms with van der Waals surface area (Å²) in [5.41, 5.74) is 0.0931. The maximum absolute atomic E-state index is 11.6. The predicted octanol–water partition coefficient (Wildman–Crippen LogP) is 3.38. The molecule has 0 fully saturated rings. The Bertz CT molecular complexity index is 578. The molecule has 0 unspecified atom stereocenters. The van der Waals surface area contributed by atoms with Gasteiger partial charge in [0, 0.05) is 15.8 Å². The van der Waals surface area contributed by atoms with E-state index in [9.17, 15) is 9.90 Å². The van der Waals surface area contributed by atoms with Crippen LogP contribution in [0.25, 0.3) is 10.8 Å². The van der Waals surface area contributed by atoms with E-state index in [0.29, 0.717) is 15.8 Å². The van der Waals surface area contributed by atoms with Crippen LogP contribution in [-0.2, 0) is 4.74 Å². The van der Waals surface area contributed by atoms with Gasteiger partial charge in [0.2, 0.25) is 0 Å². The highest BCUT2D eigenvalue weighted by atomic mass is 35.5. The van der Waals surface area contributed by atoms with Gasteiger partial charge in [0.25, 0.3) is 0 Å². The van der Waals surface area contributed by atoms with Gasteiger partial charge in [-0.15, -0.1) is 0 Å². The lowest BCUT2D eigenvalue weighted by molar-refractivity contribution is 0.0523. The highest BCUT2D eigenvalue weighted by Gasteiger charge is 2.16. The quantitative estimate of drug-likeness (QED) is 0.832. The summed E-state index contributed by atoms with van der Waals surface area (Å²) in [5.74, 6) is -0.666. The van der Waals surface area contributed by atoms with E-state index in [1.54, 1.807) is 25.1 Å². The van der Waals surface area contributed by atoms with Crippen molar-refractivity contribution in [3.8, 4) is 5.75 Å². The van der Waals surface area contributed by atoms with E-state index in [1.807, 2.05) is 6.07 Å². The molecule has 0 saturated heterocycles. The van der Waals surface area contributed by atoms with E-state index < -0.39 is 5.97 Å². The number of hydrogen-bond donors (Lipinski definition) is 1. The summed E-state index contributed by atoms with van der Waals surface area (Å²) in [6.45, 7) is 1.96. The number of esters is 1. The van der Waals surface area contributed by atoms with Gasteiger partial charge in [0.05, 0.1) is 6.61 Å². The van der Waals surface area contributed by atoms with Crippen molar-refractivity contribution >= 4 is 28.3 Å². The lowest BCUT2D eigenvalue weighted by Crippen LogP contribution is -2.05. The van der Waals surface area contributed by atoms with Crippen molar-refractivity contribution < 1.29 is 14.6 Å². The molecule has 0 aliphatic rings.